The zero-order valence-corrected chi connectivity index (χ0v) is 23.7. The van der Waals surface area contributed by atoms with Gasteiger partial charge in [-0.05, 0) is 68.6 Å². The summed E-state index contributed by atoms with van der Waals surface area (Å²) in [5, 5.41) is 2.88. The maximum Gasteiger partial charge on any atom is 0.269 e. The molecule has 0 saturated carbocycles. The summed E-state index contributed by atoms with van der Waals surface area (Å²) in [5.74, 6) is -2.47. The van der Waals surface area contributed by atoms with E-state index in [1.165, 1.54) is 47.4 Å². The molecular formula is C29H35FN4O6S. The number of rotatable bonds is 10. The Bertz CT molecular complexity index is 1370. The van der Waals surface area contributed by atoms with Gasteiger partial charge in [-0.15, -0.1) is 0 Å². The summed E-state index contributed by atoms with van der Waals surface area (Å²) in [7, 11) is -4.24. The number of nitrogens with one attached hydrogen (secondary N) is 1. The number of carbonyl (C=O) groups excluding carboxylic acids is 3. The van der Waals surface area contributed by atoms with E-state index in [0.29, 0.717) is 23.0 Å². The molecule has 0 bridgehead atoms. The molecule has 2 atom stereocenters. The summed E-state index contributed by atoms with van der Waals surface area (Å²) in [6.45, 7) is 2.38. The maximum atomic E-state index is 14.0. The summed E-state index contributed by atoms with van der Waals surface area (Å²) >= 11 is 0. The summed E-state index contributed by atoms with van der Waals surface area (Å²) in [6, 6.07) is 9.98. The highest BCUT2D eigenvalue weighted by molar-refractivity contribution is 7.90. The van der Waals surface area contributed by atoms with Crippen LogP contribution < -0.4 is 5.32 Å². The molecule has 3 amide bonds. The average molecular weight is 587 g/mol. The molecule has 3 heterocycles. The zero-order valence-electron chi connectivity index (χ0n) is 22.8. The SMILES string of the molecule is O=C(NCC1CCCO1)C(c1ccc(F)cc1)N(CCN1CCCCC1)C(=O)CN1C(=O)c2ccccc2S1(=O)=O. The Morgan fingerprint density at radius 1 is 1.05 bits per heavy atom. The zero-order chi connectivity index (χ0) is 29.0. The largest absolute Gasteiger partial charge is 0.376 e. The van der Waals surface area contributed by atoms with Crippen molar-refractivity contribution in [1.29, 1.82) is 0 Å². The number of fused-ring (bicyclic) bond motifs is 1. The van der Waals surface area contributed by atoms with Crippen molar-refractivity contribution in [2.75, 3.05) is 45.9 Å². The van der Waals surface area contributed by atoms with Gasteiger partial charge in [0.2, 0.25) is 11.8 Å². The Morgan fingerprint density at radius 3 is 2.46 bits per heavy atom. The number of ether oxygens (including phenoxy) is 1. The van der Waals surface area contributed by atoms with Crippen molar-refractivity contribution >= 4 is 27.7 Å². The Morgan fingerprint density at radius 2 is 1.78 bits per heavy atom. The van der Waals surface area contributed by atoms with Crippen LogP contribution in [0.25, 0.3) is 0 Å². The van der Waals surface area contributed by atoms with Gasteiger partial charge in [0.1, 0.15) is 23.3 Å². The predicted octanol–water partition coefficient (Wildman–Crippen LogP) is 2.32. The van der Waals surface area contributed by atoms with Crippen LogP contribution in [0, 0.1) is 5.82 Å². The summed E-state index contributed by atoms with van der Waals surface area (Å²) < 4.78 is 46.5. The number of benzene rings is 2. The van der Waals surface area contributed by atoms with Gasteiger partial charge in [-0.1, -0.05) is 30.7 Å². The predicted molar refractivity (Wildman–Crippen MR) is 148 cm³/mol. The first-order valence-electron chi connectivity index (χ1n) is 14.1. The molecule has 2 aromatic rings. The van der Waals surface area contributed by atoms with Crippen molar-refractivity contribution in [1.82, 2.24) is 19.4 Å². The molecule has 10 nitrogen and oxygen atoms in total. The highest BCUT2D eigenvalue weighted by Gasteiger charge is 2.43. The molecule has 41 heavy (non-hydrogen) atoms. The summed E-state index contributed by atoms with van der Waals surface area (Å²) in [6.07, 6.45) is 4.72. The highest BCUT2D eigenvalue weighted by atomic mass is 32.2. The standard InChI is InChI=1S/C29H35FN4O6S/c30-22-12-10-21(11-13-22)27(28(36)31-19-23-7-6-18-40-23)33(17-16-32-14-4-1-5-15-32)26(35)20-34-29(37)24-8-2-3-9-25(24)41(34,38)39/h2-3,8-13,23,27H,1,4-7,14-20H2,(H,31,36). The molecule has 0 radical (unpaired) electrons. The normalized spacial score (nSPS) is 21.0. The van der Waals surface area contributed by atoms with Crippen molar-refractivity contribution in [2.24, 2.45) is 0 Å². The lowest BCUT2D eigenvalue weighted by Crippen LogP contribution is -2.51. The third-order valence-corrected chi connectivity index (χ3v) is 9.68. The van der Waals surface area contributed by atoms with Crippen molar-refractivity contribution in [3.8, 4) is 0 Å². The number of amides is 3. The van der Waals surface area contributed by atoms with Crippen LogP contribution in [0.15, 0.2) is 53.4 Å². The van der Waals surface area contributed by atoms with Crippen LogP contribution in [0.4, 0.5) is 4.39 Å². The highest BCUT2D eigenvalue weighted by Crippen LogP contribution is 2.31. The molecule has 2 aromatic carbocycles. The smallest absolute Gasteiger partial charge is 0.269 e. The lowest BCUT2D eigenvalue weighted by atomic mass is 10.0. The van der Waals surface area contributed by atoms with Gasteiger partial charge in [0.15, 0.2) is 0 Å². The topological polar surface area (TPSA) is 116 Å². The molecule has 5 rings (SSSR count). The molecule has 3 aliphatic heterocycles. The van der Waals surface area contributed by atoms with E-state index in [9.17, 15) is 27.2 Å². The van der Waals surface area contributed by atoms with Crippen molar-refractivity contribution < 1.29 is 31.9 Å². The van der Waals surface area contributed by atoms with Crippen LogP contribution in [0.3, 0.4) is 0 Å². The molecule has 2 saturated heterocycles. The Kier molecular flexibility index (Phi) is 9.00. The van der Waals surface area contributed by atoms with Gasteiger partial charge in [0, 0.05) is 26.2 Å². The Balaban J connectivity index is 1.44. The quantitative estimate of drug-likeness (QED) is 0.454. The van der Waals surface area contributed by atoms with E-state index in [1.807, 2.05) is 0 Å². The van der Waals surface area contributed by atoms with E-state index in [0.717, 1.165) is 45.2 Å². The van der Waals surface area contributed by atoms with Gasteiger partial charge < -0.3 is 19.9 Å². The van der Waals surface area contributed by atoms with Gasteiger partial charge in [-0.2, -0.15) is 0 Å². The first kappa shape index (κ1) is 29.2. The van der Waals surface area contributed by atoms with Gasteiger partial charge in [0.05, 0.1) is 11.7 Å². The van der Waals surface area contributed by atoms with Crippen LogP contribution in [0.2, 0.25) is 0 Å². The molecule has 12 heteroatoms. The number of hydrogen-bond donors (Lipinski definition) is 1. The van der Waals surface area contributed by atoms with E-state index in [-0.39, 0.29) is 29.7 Å². The summed E-state index contributed by atoms with van der Waals surface area (Å²) in [5.41, 5.74) is 0.381. The minimum absolute atomic E-state index is 0.00422. The molecule has 0 spiro atoms. The first-order valence-corrected chi connectivity index (χ1v) is 15.5. The first-order chi connectivity index (χ1) is 19.8. The van der Waals surface area contributed by atoms with Gasteiger partial charge in [0.25, 0.3) is 15.9 Å². The molecule has 2 fully saturated rings. The van der Waals surface area contributed by atoms with E-state index >= 15 is 0 Å². The second-order valence-electron chi connectivity index (χ2n) is 10.6. The van der Waals surface area contributed by atoms with Crippen LogP contribution in [-0.4, -0.2) is 92.2 Å². The number of nitrogens with zero attached hydrogens (tertiary/aromatic N) is 3. The fourth-order valence-corrected chi connectivity index (χ4v) is 7.18. The molecule has 2 unspecified atom stereocenters. The number of likely N-dealkylation sites (tertiary alicyclic amines) is 1. The van der Waals surface area contributed by atoms with Crippen molar-refractivity contribution in [3.63, 3.8) is 0 Å². The van der Waals surface area contributed by atoms with Crippen molar-refractivity contribution in [2.45, 2.75) is 49.1 Å². The van der Waals surface area contributed by atoms with Gasteiger partial charge >= 0.3 is 0 Å². The second kappa shape index (κ2) is 12.7. The minimum atomic E-state index is -4.24. The molecule has 0 aromatic heterocycles. The third kappa shape index (κ3) is 6.44. The number of sulfonamides is 1. The molecule has 0 aliphatic carbocycles. The molecule has 1 N–H and O–H groups in total. The average Bonchev–Trinajstić information content (AvgIpc) is 3.57. The number of hydrogen-bond acceptors (Lipinski definition) is 7. The van der Waals surface area contributed by atoms with Gasteiger partial charge in [-0.25, -0.2) is 17.1 Å². The van der Waals surface area contributed by atoms with Crippen LogP contribution in [0.5, 0.6) is 0 Å². The maximum absolute atomic E-state index is 14.0. The lowest BCUT2D eigenvalue weighted by molar-refractivity contribution is -0.141. The third-order valence-electron chi connectivity index (χ3n) is 7.89. The number of carbonyl (C=O) groups is 3. The van der Waals surface area contributed by atoms with Crippen LogP contribution in [-0.2, 0) is 24.3 Å². The minimum Gasteiger partial charge on any atom is -0.376 e. The number of piperidine rings is 1. The fraction of sp³-hybridized carbons (Fsp3) is 0.483. The van der Waals surface area contributed by atoms with Crippen LogP contribution in [0.1, 0.15) is 54.1 Å². The summed E-state index contributed by atoms with van der Waals surface area (Å²) in [4.78, 5) is 44.1. The Labute approximate surface area is 239 Å². The molecule has 220 valence electrons. The Hall–Kier alpha value is -3.35. The monoisotopic (exact) mass is 586 g/mol. The van der Waals surface area contributed by atoms with E-state index in [1.54, 1.807) is 6.07 Å². The fourth-order valence-electron chi connectivity index (χ4n) is 5.67. The van der Waals surface area contributed by atoms with Crippen molar-refractivity contribution in [3.05, 3.63) is 65.5 Å². The molecular weight excluding hydrogens is 551 g/mol. The number of halogens is 1. The second-order valence-corrected chi connectivity index (χ2v) is 12.5. The van der Waals surface area contributed by atoms with E-state index in [4.69, 9.17) is 4.74 Å². The van der Waals surface area contributed by atoms with E-state index in [2.05, 4.69) is 10.2 Å². The molecule has 3 aliphatic rings. The van der Waals surface area contributed by atoms with Crippen LogP contribution >= 0.6 is 0 Å². The van der Waals surface area contributed by atoms with E-state index < -0.39 is 46.1 Å². The lowest BCUT2D eigenvalue weighted by Gasteiger charge is -2.35. The van der Waals surface area contributed by atoms with Gasteiger partial charge in [-0.3, -0.25) is 14.4 Å².